The number of aromatic nitrogens is 1. The van der Waals surface area contributed by atoms with Crippen molar-refractivity contribution in [1.82, 2.24) is 31.2 Å². The first-order valence-corrected chi connectivity index (χ1v) is 15.8. The molecule has 0 spiro atoms. The van der Waals surface area contributed by atoms with E-state index in [0.717, 1.165) is 10.9 Å². The molecule has 0 bridgehead atoms. The number of para-hydroxylation sites is 1. The first-order chi connectivity index (χ1) is 22.3. The Morgan fingerprint density at radius 2 is 1.64 bits per heavy atom. The third-order valence-corrected chi connectivity index (χ3v) is 8.31. The molecule has 1 aromatic heterocycles. The van der Waals surface area contributed by atoms with Gasteiger partial charge in [0.1, 0.15) is 36.3 Å². The number of carbonyl (C=O) groups is 6. The monoisotopic (exact) mass is 677 g/mol. The first kappa shape index (κ1) is 37.3. The number of aliphatic hydroxyl groups is 2. The Morgan fingerprint density at radius 3 is 2.26 bits per heavy atom. The molecular weight excluding hydrogens is 634 g/mol. The molecule has 0 saturated carbocycles. The summed E-state index contributed by atoms with van der Waals surface area (Å²) in [6, 6.07) is -0.143. The van der Waals surface area contributed by atoms with Crippen molar-refractivity contribution in [3.63, 3.8) is 0 Å². The Bertz CT molecular complexity index is 1450. The van der Waals surface area contributed by atoms with E-state index in [4.69, 9.17) is 5.73 Å². The summed E-state index contributed by atoms with van der Waals surface area (Å²) < 4.78 is 0. The van der Waals surface area contributed by atoms with E-state index in [0.29, 0.717) is 12.0 Å². The molecule has 5 amide bonds. The van der Waals surface area contributed by atoms with Crippen molar-refractivity contribution in [2.24, 2.45) is 11.7 Å². The number of nitrogens with two attached hydrogens (primary N) is 1. The molecule has 2 aromatic rings. The highest BCUT2D eigenvalue weighted by Gasteiger charge is 2.39. The van der Waals surface area contributed by atoms with Crippen LogP contribution in [0.4, 0.5) is 0 Å². The number of carbonyl (C=O) groups excluding carboxylic acids is 5. The predicted molar refractivity (Wildman–Crippen MR) is 173 cm³/mol. The zero-order valence-corrected chi connectivity index (χ0v) is 27.0. The zero-order valence-electron chi connectivity index (χ0n) is 26.1. The molecule has 0 unspecified atom stereocenters. The summed E-state index contributed by atoms with van der Waals surface area (Å²) in [6.45, 7) is 1.96. The van der Waals surface area contributed by atoms with Gasteiger partial charge < -0.3 is 52.2 Å². The van der Waals surface area contributed by atoms with Gasteiger partial charge in [-0.15, -0.1) is 0 Å². The summed E-state index contributed by atoms with van der Waals surface area (Å²) in [4.78, 5) is 81.5. The van der Waals surface area contributed by atoms with Crippen molar-refractivity contribution in [2.45, 2.75) is 69.4 Å². The molecule has 1 saturated heterocycles. The second-order valence-electron chi connectivity index (χ2n) is 11.7. The van der Waals surface area contributed by atoms with E-state index in [9.17, 15) is 44.1 Å². The summed E-state index contributed by atoms with van der Waals surface area (Å²) in [5.74, 6) is -5.74. The third kappa shape index (κ3) is 9.43. The van der Waals surface area contributed by atoms with Crippen molar-refractivity contribution >= 4 is 59.0 Å². The average molecular weight is 678 g/mol. The lowest BCUT2D eigenvalue weighted by atomic mass is 10.00. The van der Waals surface area contributed by atoms with Gasteiger partial charge in [0.2, 0.25) is 29.5 Å². The van der Waals surface area contributed by atoms with Crippen molar-refractivity contribution in [1.29, 1.82) is 0 Å². The fourth-order valence-electron chi connectivity index (χ4n) is 5.28. The SMILES string of the molecule is CC(C)[C@H](NC(=O)[C@H](Cc1c[nH]c2ccccc12)NC(=O)[C@@H](N)CO)C(=O)N[C@@H](CO)C(=O)N1CCC[C@H]1C(=O)N[C@@H](CS)C(=O)O. The fourth-order valence-corrected chi connectivity index (χ4v) is 5.53. The smallest absolute Gasteiger partial charge is 0.327 e. The molecule has 10 N–H and O–H groups in total. The lowest BCUT2D eigenvalue weighted by Crippen LogP contribution is -2.61. The van der Waals surface area contributed by atoms with E-state index < -0.39 is 90.9 Å². The number of carboxylic acids is 1. The Morgan fingerprint density at radius 1 is 0.957 bits per heavy atom. The van der Waals surface area contributed by atoms with Crippen LogP contribution < -0.4 is 27.0 Å². The molecule has 1 aromatic carbocycles. The van der Waals surface area contributed by atoms with Gasteiger partial charge in [-0.2, -0.15) is 12.6 Å². The molecule has 17 heteroatoms. The van der Waals surface area contributed by atoms with E-state index >= 15 is 0 Å². The number of aromatic amines is 1. The van der Waals surface area contributed by atoms with Gasteiger partial charge in [0.15, 0.2) is 0 Å². The van der Waals surface area contributed by atoms with Gasteiger partial charge in [0, 0.05) is 35.8 Å². The van der Waals surface area contributed by atoms with Crippen LogP contribution in [0.25, 0.3) is 10.9 Å². The Hall–Kier alpha value is -4.19. The Labute approximate surface area is 276 Å². The minimum absolute atomic E-state index is 0.0122. The quantitative estimate of drug-likeness (QED) is 0.0845. The number of amides is 5. The number of nitrogens with zero attached hydrogens (tertiary/aromatic N) is 1. The molecule has 1 fully saturated rings. The molecule has 3 rings (SSSR count). The number of carboxylic acid groups (broad SMARTS) is 1. The largest absolute Gasteiger partial charge is 0.480 e. The molecule has 47 heavy (non-hydrogen) atoms. The van der Waals surface area contributed by atoms with E-state index in [1.54, 1.807) is 20.0 Å². The minimum atomic E-state index is -1.47. The number of thiol groups is 1. The van der Waals surface area contributed by atoms with Crippen molar-refractivity contribution < 1.29 is 44.1 Å². The zero-order chi connectivity index (χ0) is 34.8. The van der Waals surface area contributed by atoms with Crippen LogP contribution in [0.5, 0.6) is 0 Å². The van der Waals surface area contributed by atoms with E-state index in [2.05, 4.69) is 38.9 Å². The lowest BCUT2D eigenvalue weighted by molar-refractivity contribution is -0.145. The standard InChI is InChI=1S/C30H43N7O9S/c1-15(2)24(28(43)34-21(13-39)29(44)37-9-5-8-23(37)27(42)35-22(14-47)30(45)46)36-26(41)20(33-25(40)18(31)12-38)10-16-11-32-19-7-4-3-6-17(16)19/h3-4,6-7,11,15,18,20-24,32,38-39,47H,5,8-10,12-14,31H2,1-2H3,(H,33,40)(H,34,43)(H,35,42)(H,36,41)(H,45,46)/t18-,20-,21-,22-,23-,24-/m0/s1. The topological polar surface area (TPSA) is 256 Å². The lowest BCUT2D eigenvalue weighted by Gasteiger charge is -2.30. The minimum Gasteiger partial charge on any atom is -0.480 e. The van der Waals surface area contributed by atoms with Crippen LogP contribution in [0, 0.1) is 5.92 Å². The molecule has 0 radical (unpaired) electrons. The summed E-state index contributed by atoms with van der Waals surface area (Å²) in [5.41, 5.74) is 7.17. The molecule has 16 nitrogen and oxygen atoms in total. The Kier molecular flexibility index (Phi) is 13.6. The highest BCUT2D eigenvalue weighted by atomic mass is 32.1. The van der Waals surface area contributed by atoms with Crippen LogP contribution in [0.15, 0.2) is 30.5 Å². The van der Waals surface area contributed by atoms with E-state index in [1.165, 1.54) is 4.90 Å². The molecule has 1 aliphatic heterocycles. The first-order valence-electron chi connectivity index (χ1n) is 15.2. The number of aliphatic hydroxyl groups excluding tert-OH is 2. The number of fused-ring (bicyclic) bond motifs is 1. The van der Waals surface area contributed by atoms with Gasteiger partial charge >= 0.3 is 5.97 Å². The van der Waals surface area contributed by atoms with Crippen LogP contribution in [0.3, 0.4) is 0 Å². The number of benzene rings is 1. The number of H-pyrrole nitrogens is 1. The maximum absolute atomic E-state index is 13.6. The van der Waals surface area contributed by atoms with Crippen LogP contribution >= 0.6 is 12.6 Å². The average Bonchev–Trinajstić information content (AvgIpc) is 3.71. The van der Waals surface area contributed by atoms with Crippen molar-refractivity contribution in [2.75, 3.05) is 25.5 Å². The van der Waals surface area contributed by atoms with Gasteiger partial charge in [-0.05, 0) is 30.4 Å². The molecule has 1 aliphatic rings. The second-order valence-corrected chi connectivity index (χ2v) is 12.0. The summed E-state index contributed by atoms with van der Waals surface area (Å²) >= 11 is 3.93. The third-order valence-electron chi connectivity index (χ3n) is 7.95. The number of likely N-dealkylation sites (tertiary alicyclic amines) is 1. The number of aliphatic carboxylic acids is 1. The highest BCUT2D eigenvalue weighted by molar-refractivity contribution is 7.80. The van der Waals surface area contributed by atoms with Gasteiger partial charge in [-0.25, -0.2) is 4.79 Å². The molecular formula is C30H43N7O9S. The number of nitrogens with one attached hydrogen (secondary N) is 5. The van der Waals surface area contributed by atoms with Crippen molar-refractivity contribution in [3.8, 4) is 0 Å². The molecule has 0 aliphatic carbocycles. The van der Waals surface area contributed by atoms with Crippen molar-refractivity contribution in [3.05, 3.63) is 36.0 Å². The fraction of sp³-hybridized carbons (Fsp3) is 0.533. The summed E-state index contributed by atoms with van der Waals surface area (Å²) in [7, 11) is 0. The van der Waals surface area contributed by atoms with E-state index in [-0.39, 0.29) is 25.1 Å². The van der Waals surface area contributed by atoms with Crippen LogP contribution in [-0.4, -0.2) is 122 Å². The van der Waals surface area contributed by atoms with Crippen LogP contribution in [-0.2, 0) is 35.2 Å². The Balaban J connectivity index is 1.76. The summed E-state index contributed by atoms with van der Waals surface area (Å²) in [5, 5.41) is 39.4. The van der Waals surface area contributed by atoms with Crippen LogP contribution in [0.2, 0.25) is 0 Å². The summed E-state index contributed by atoms with van der Waals surface area (Å²) in [6.07, 6.45) is 2.39. The molecule has 258 valence electrons. The van der Waals surface area contributed by atoms with Gasteiger partial charge in [0.05, 0.1) is 13.2 Å². The number of hydrogen-bond donors (Lipinski definition) is 10. The maximum Gasteiger partial charge on any atom is 0.327 e. The van der Waals surface area contributed by atoms with Gasteiger partial charge in [0.25, 0.3) is 0 Å². The van der Waals surface area contributed by atoms with E-state index in [1.807, 2.05) is 24.3 Å². The van der Waals surface area contributed by atoms with Gasteiger partial charge in [-0.3, -0.25) is 24.0 Å². The number of rotatable bonds is 16. The van der Waals surface area contributed by atoms with Gasteiger partial charge in [-0.1, -0.05) is 32.0 Å². The molecule has 6 atom stereocenters. The molecule has 2 heterocycles. The second kappa shape index (κ2) is 17.1. The highest BCUT2D eigenvalue weighted by Crippen LogP contribution is 2.21. The normalized spacial score (nSPS) is 17.8. The predicted octanol–water partition coefficient (Wildman–Crippen LogP) is -2.38. The van der Waals surface area contributed by atoms with Crippen LogP contribution in [0.1, 0.15) is 32.3 Å². The maximum atomic E-state index is 13.6. The number of hydrogen-bond acceptors (Lipinski definition) is 10.